The van der Waals surface area contributed by atoms with Crippen LogP contribution in [0.2, 0.25) is 0 Å². The van der Waals surface area contributed by atoms with Gasteiger partial charge in [0, 0.05) is 44.0 Å². The molecule has 2 N–H and O–H groups in total. The highest BCUT2D eigenvalue weighted by Crippen LogP contribution is 2.49. The fourth-order valence-corrected chi connectivity index (χ4v) is 6.63. The van der Waals surface area contributed by atoms with E-state index >= 15 is 0 Å². The van der Waals surface area contributed by atoms with Gasteiger partial charge in [0.15, 0.2) is 0 Å². The summed E-state index contributed by atoms with van der Waals surface area (Å²) in [4.78, 5) is 45.1. The van der Waals surface area contributed by atoms with Crippen molar-refractivity contribution >= 4 is 11.8 Å². The van der Waals surface area contributed by atoms with Gasteiger partial charge in [-0.25, -0.2) is 4.39 Å². The first-order valence-electron chi connectivity index (χ1n) is 13.1. The van der Waals surface area contributed by atoms with E-state index in [1.807, 2.05) is 4.90 Å². The van der Waals surface area contributed by atoms with Gasteiger partial charge < -0.3 is 19.9 Å². The number of amides is 2. The normalized spacial score (nSPS) is 32.0. The second-order valence-electron chi connectivity index (χ2n) is 11.1. The third-order valence-electron chi connectivity index (χ3n) is 8.38. The van der Waals surface area contributed by atoms with E-state index in [1.54, 1.807) is 6.92 Å². The Balaban J connectivity index is 1.32. The number of H-pyrrole nitrogens is 1. The molecule has 2 saturated carbocycles. The Kier molecular flexibility index (Phi) is 6.99. The highest BCUT2D eigenvalue weighted by molar-refractivity contribution is 5.94. The molecule has 1 aromatic heterocycles. The van der Waals surface area contributed by atoms with E-state index < -0.39 is 17.3 Å². The largest absolute Gasteiger partial charge is 0.378 e. The van der Waals surface area contributed by atoms with Crippen LogP contribution < -0.4 is 10.9 Å². The van der Waals surface area contributed by atoms with E-state index in [0.29, 0.717) is 56.3 Å². The minimum Gasteiger partial charge on any atom is -0.378 e. The minimum absolute atomic E-state index is 0.0373. The highest BCUT2D eigenvalue weighted by atomic mass is 19.1. The summed E-state index contributed by atoms with van der Waals surface area (Å²) in [6, 6.07) is 1.41. The molecule has 192 valence electrons. The van der Waals surface area contributed by atoms with E-state index in [-0.39, 0.29) is 29.5 Å². The van der Waals surface area contributed by atoms with Crippen LogP contribution in [0.25, 0.3) is 0 Å². The third-order valence-corrected chi connectivity index (χ3v) is 8.38. The Bertz CT molecular complexity index is 1020. The molecule has 2 aliphatic carbocycles. The average molecular weight is 489 g/mol. The second kappa shape index (κ2) is 10.0. The summed E-state index contributed by atoms with van der Waals surface area (Å²) in [6.07, 6.45) is 5.27. The number of pyridine rings is 1. The molecule has 9 heteroatoms. The van der Waals surface area contributed by atoms with Crippen LogP contribution in [0.4, 0.5) is 4.39 Å². The molecular formula is C26H37FN4O4. The molecule has 8 nitrogen and oxygen atoms in total. The van der Waals surface area contributed by atoms with Crippen LogP contribution in [-0.2, 0) is 9.53 Å². The maximum atomic E-state index is 14.3. The summed E-state index contributed by atoms with van der Waals surface area (Å²) in [5, 5.41) is 2.95. The van der Waals surface area contributed by atoms with Crippen LogP contribution in [0.15, 0.2) is 10.9 Å². The zero-order chi connectivity index (χ0) is 24.7. The summed E-state index contributed by atoms with van der Waals surface area (Å²) in [5.74, 6) is 0.316. The van der Waals surface area contributed by atoms with Crippen LogP contribution >= 0.6 is 0 Å². The van der Waals surface area contributed by atoms with E-state index in [1.165, 1.54) is 18.9 Å². The van der Waals surface area contributed by atoms with Crippen LogP contribution in [-0.4, -0.2) is 78.1 Å². The van der Waals surface area contributed by atoms with Crippen LogP contribution in [0, 0.1) is 36.4 Å². The number of aromatic nitrogens is 1. The van der Waals surface area contributed by atoms with Gasteiger partial charge in [0.1, 0.15) is 0 Å². The summed E-state index contributed by atoms with van der Waals surface area (Å²) >= 11 is 0. The topological polar surface area (TPSA) is 94.7 Å². The molecule has 1 aromatic rings. The van der Waals surface area contributed by atoms with Crippen molar-refractivity contribution in [1.29, 1.82) is 0 Å². The van der Waals surface area contributed by atoms with Gasteiger partial charge in [-0.15, -0.1) is 0 Å². The van der Waals surface area contributed by atoms with E-state index in [2.05, 4.69) is 22.1 Å². The lowest BCUT2D eigenvalue weighted by Crippen LogP contribution is -2.56. The Labute approximate surface area is 205 Å². The lowest BCUT2D eigenvalue weighted by Gasteiger charge is -2.47. The van der Waals surface area contributed by atoms with E-state index in [4.69, 9.17) is 4.74 Å². The van der Waals surface area contributed by atoms with Crippen LogP contribution in [0.3, 0.4) is 0 Å². The maximum absolute atomic E-state index is 14.3. The molecule has 2 aliphatic heterocycles. The molecule has 4 aliphatic rings. The minimum atomic E-state index is -1.05. The van der Waals surface area contributed by atoms with Gasteiger partial charge in [0.05, 0.1) is 24.7 Å². The highest BCUT2D eigenvalue weighted by Gasteiger charge is 2.50. The Morgan fingerprint density at radius 2 is 1.89 bits per heavy atom. The smallest absolute Gasteiger partial charge is 0.284 e. The zero-order valence-corrected chi connectivity index (χ0v) is 20.7. The van der Waals surface area contributed by atoms with Gasteiger partial charge >= 0.3 is 0 Å². The number of aromatic amines is 1. The predicted molar refractivity (Wildman–Crippen MR) is 128 cm³/mol. The lowest BCUT2D eigenvalue weighted by molar-refractivity contribution is -0.146. The number of rotatable bonds is 5. The molecule has 0 spiro atoms. The predicted octanol–water partition coefficient (Wildman–Crippen LogP) is 1.93. The molecule has 5 rings (SSSR count). The van der Waals surface area contributed by atoms with Gasteiger partial charge in [-0.05, 0) is 62.8 Å². The quantitative estimate of drug-likeness (QED) is 0.661. The van der Waals surface area contributed by atoms with E-state index in [0.717, 1.165) is 25.8 Å². The third kappa shape index (κ3) is 5.16. The second-order valence-corrected chi connectivity index (χ2v) is 11.1. The number of carbonyl (C=O) groups is 2. The summed E-state index contributed by atoms with van der Waals surface area (Å²) < 4.78 is 19.8. The molecule has 5 atom stereocenters. The molecule has 2 amide bonds. The van der Waals surface area contributed by atoms with Crippen molar-refractivity contribution in [1.82, 2.24) is 20.1 Å². The number of aryl methyl sites for hydroxylation is 1. The van der Waals surface area contributed by atoms with Crippen molar-refractivity contribution in [2.24, 2.45) is 23.7 Å². The molecule has 0 bridgehead atoms. The molecular weight excluding hydrogens is 451 g/mol. The number of nitrogens with one attached hydrogen (secondary N) is 2. The molecule has 0 radical (unpaired) electrons. The zero-order valence-electron chi connectivity index (χ0n) is 20.7. The van der Waals surface area contributed by atoms with Gasteiger partial charge in [-0.2, -0.15) is 0 Å². The monoisotopic (exact) mass is 488 g/mol. The summed E-state index contributed by atoms with van der Waals surface area (Å²) in [7, 11) is 0. The van der Waals surface area contributed by atoms with Gasteiger partial charge in [-0.3, -0.25) is 19.3 Å². The molecule has 0 aromatic carbocycles. The van der Waals surface area contributed by atoms with Crippen molar-refractivity contribution in [2.75, 3.05) is 39.4 Å². The van der Waals surface area contributed by atoms with Crippen LogP contribution in [0.5, 0.6) is 0 Å². The van der Waals surface area contributed by atoms with Crippen molar-refractivity contribution in [3.05, 3.63) is 33.5 Å². The number of ether oxygens (including phenoxy) is 1. The fraction of sp³-hybridized carbons (Fsp3) is 0.731. The van der Waals surface area contributed by atoms with Crippen molar-refractivity contribution < 1.29 is 18.7 Å². The molecule has 4 fully saturated rings. The summed E-state index contributed by atoms with van der Waals surface area (Å²) in [5.41, 5.74) is -0.647. The fourth-order valence-electron chi connectivity index (χ4n) is 6.63. The van der Waals surface area contributed by atoms with Crippen molar-refractivity contribution in [3.8, 4) is 0 Å². The number of halogens is 1. The molecule has 4 unspecified atom stereocenters. The average Bonchev–Trinajstić information content (AvgIpc) is 3.60. The number of hydrogen-bond acceptors (Lipinski definition) is 5. The Morgan fingerprint density at radius 1 is 1.14 bits per heavy atom. The number of morpholine rings is 1. The van der Waals surface area contributed by atoms with Gasteiger partial charge in [0.2, 0.25) is 11.7 Å². The Morgan fingerprint density at radius 3 is 2.60 bits per heavy atom. The molecule has 35 heavy (non-hydrogen) atoms. The number of likely N-dealkylation sites (tertiary alicyclic amines) is 1. The first-order chi connectivity index (χ1) is 16.8. The molecule has 3 heterocycles. The first-order valence-corrected chi connectivity index (χ1v) is 13.1. The number of hydrogen-bond donors (Lipinski definition) is 2. The molecule has 2 saturated heterocycles. The Hall–Kier alpha value is -2.26. The lowest BCUT2D eigenvalue weighted by atomic mass is 9.69. The maximum Gasteiger partial charge on any atom is 0.284 e. The number of carbonyl (C=O) groups excluding carboxylic acids is 2. The van der Waals surface area contributed by atoms with Crippen molar-refractivity contribution in [3.63, 3.8) is 0 Å². The van der Waals surface area contributed by atoms with Gasteiger partial charge in [-0.1, -0.05) is 6.92 Å². The van der Waals surface area contributed by atoms with E-state index in [9.17, 15) is 18.8 Å². The van der Waals surface area contributed by atoms with Crippen molar-refractivity contribution in [2.45, 2.75) is 58.0 Å². The first kappa shape index (κ1) is 24.4. The standard InChI is InChI=1S/C26H37FN4O4/c1-15-11-19(17-3-4-17)23(21(12-15)26(34)30-7-9-35-10-8-30)31-6-5-18(14-31)29-24(32)20-13-16(2)28-25(33)22(20)27/h13,15,17-19,21,23H,3-12,14H2,1-2H3,(H,28,33)(H,29,32)/t15?,18-,19?,21?,23?/m1/s1. The van der Waals surface area contributed by atoms with Gasteiger partial charge in [0.25, 0.3) is 11.5 Å². The number of nitrogens with zero attached hydrogens (tertiary/aromatic N) is 2. The SMILES string of the molecule is Cc1cc(C(=O)N[C@@H]2CCN(C3C(C(=O)N4CCOCC4)CC(C)CC3C3CC3)C2)c(F)c(=O)[nH]1. The van der Waals surface area contributed by atoms with Crippen LogP contribution in [0.1, 0.15) is 55.1 Å². The summed E-state index contributed by atoms with van der Waals surface area (Å²) in [6.45, 7) is 7.86.